The molecule has 1 unspecified atom stereocenters. The third kappa shape index (κ3) is 3.69. The molecule has 0 radical (unpaired) electrons. The molecule has 1 aromatic heterocycles. The molecule has 2 rings (SSSR count). The number of rotatable bonds is 4. The van der Waals surface area contributed by atoms with E-state index >= 15 is 0 Å². The van der Waals surface area contributed by atoms with E-state index in [1.54, 1.807) is 53.1 Å². The highest BCUT2D eigenvalue weighted by atomic mass is 32.2. The van der Waals surface area contributed by atoms with Gasteiger partial charge in [0, 0.05) is 24.9 Å². The summed E-state index contributed by atoms with van der Waals surface area (Å²) in [6.07, 6.45) is 4.64. The lowest BCUT2D eigenvalue weighted by atomic mass is 10.2. The lowest BCUT2D eigenvalue weighted by Crippen LogP contribution is -2.49. The van der Waals surface area contributed by atoms with E-state index in [0.717, 1.165) is 0 Å². The largest absolute Gasteiger partial charge is 0.465 e. The molecule has 1 fully saturated rings. The first-order valence-corrected chi connectivity index (χ1v) is 8.02. The number of furan rings is 1. The number of nitrogens with zero attached hydrogens (tertiary/aromatic N) is 2. The Balaban J connectivity index is 2.04. The monoisotopic (exact) mass is 308 g/mol. The molecule has 0 spiro atoms. The fraction of sp³-hybridized carbons (Fsp3) is 0.467. The van der Waals surface area contributed by atoms with Crippen LogP contribution in [0.5, 0.6) is 0 Å². The molecule has 0 saturated carbocycles. The zero-order chi connectivity index (χ0) is 15.4. The van der Waals surface area contributed by atoms with Crippen LogP contribution in [0.15, 0.2) is 28.9 Å². The number of thioether (sulfide) groups is 1. The van der Waals surface area contributed by atoms with Crippen LogP contribution in [-0.2, 0) is 9.59 Å². The van der Waals surface area contributed by atoms with Crippen molar-refractivity contribution in [2.24, 2.45) is 0 Å². The van der Waals surface area contributed by atoms with Gasteiger partial charge in [0.05, 0.1) is 12.1 Å². The summed E-state index contributed by atoms with van der Waals surface area (Å²) in [6, 6.07) is 3.28. The van der Waals surface area contributed by atoms with E-state index in [1.165, 1.54) is 6.08 Å². The van der Waals surface area contributed by atoms with Gasteiger partial charge in [0.2, 0.25) is 11.8 Å². The fourth-order valence-electron chi connectivity index (χ4n) is 1.99. The van der Waals surface area contributed by atoms with E-state index in [0.29, 0.717) is 17.4 Å². The number of carbonyl (C=O) groups excluding carboxylic acids is 2. The molecule has 0 N–H and O–H groups in total. The maximum Gasteiger partial charge on any atom is 0.248 e. The molecule has 0 bridgehead atoms. The molecule has 2 amide bonds. The number of hydrogen-bond acceptors (Lipinski definition) is 4. The molecule has 0 aromatic carbocycles. The topological polar surface area (TPSA) is 53.8 Å². The summed E-state index contributed by atoms with van der Waals surface area (Å²) in [4.78, 5) is 28.0. The SMILES string of the molecule is CC(C)N(C)C(=O)C1CSCN1C(=O)/C=C/c1ccco1. The van der Waals surface area contributed by atoms with Gasteiger partial charge in [-0.05, 0) is 32.1 Å². The lowest BCUT2D eigenvalue weighted by Gasteiger charge is -2.29. The van der Waals surface area contributed by atoms with E-state index in [9.17, 15) is 9.59 Å². The van der Waals surface area contributed by atoms with Gasteiger partial charge in [0.1, 0.15) is 11.8 Å². The zero-order valence-corrected chi connectivity index (χ0v) is 13.3. The van der Waals surface area contributed by atoms with Crippen molar-refractivity contribution in [3.63, 3.8) is 0 Å². The average molecular weight is 308 g/mol. The molecule has 5 nitrogen and oxygen atoms in total. The van der Waals surface area contributed by atoms with E-state index in [-0.39, 0.29) is 23.9 Å². The highest BCUT2D eigenvalue weighted by molar-refractivity contribution is 7.99. The van der Waals surface area contributed by atoms with E-state index in [4.69, 9.17) is 4.42 Å². The third-order valence-electron chi connectivity index (χ3n) is 3.51. The third-order valence-corrected chi connectivity index (χ3v) is 4.52. The van der Waals surface area contributed by atoms with Crippen molar-refractivity contribution in [3.05, 3.63) is 30.2 Å². The van der Waals surface area contributed by atoms with Crippen LogP contribution in [0.4, 0.5) is 0 Å². The minimum atomic E-state index is -0.379. The van der Waals surface area contributed by atoms with Crippen molar-refractivity contribution in [2.75, 3.05) is 18.7 Å². The summed E-state index contributed by atoms with van der Waals surface area (Å²) in [7, 11) is 1.78. The van der Waals surface area contributed by atoms with Gasteiger partial charge < -0.3 is 14.2 Å². The Kier molecular flexibility index (Phi) is 5.12. The van der Waals surface area contributed by atoms with Crippen LogP contribution in [-0.4, -0.2) is 52.4 Å². The predicted octanol–water partition coefficient (Wildman–Crippen LogP) is 2.06. The Morgan fingerprint density at radius 1 is 1.52 bits per heavy atom. The molecule has 114 valence electrons. The molecule has 1 aliphatic rings. The Labute approximate surface area is 129 Å². The highest BCUT2D eigenvalue weighted by Crippen LogP contribution is 2.23. The highest BCUT2D eigenvalue weighted by Gasteiger charge is 2.35. The normalized spacial score (nSPS) is 18.7. The lowest BCUT2D eigenvalue weighted by molar-refractivity contribution is -0.141. The molecule has 1 aromatic rings. The van der Waals surface area contributed by atoms with Crippen LogP contribution < -0.4 is 0 Å². The Morgan fingerprint density at radius 3 is 2.90 bits per heavy atom. The fourth-order valence-corrected chi connectivity index (χ4v) is 3.14. The summed E-state index contributed by atoms with van der Waals surface area (Å²) in [5.74, 6) is 1.65. The van der Waals surface area contributed by atoms with Crippen molar-refractivity contribution < 1.29 is 14.0 Å². The van der Waals surface area contributed by atoms with Gasteiger partial charge in [-0.3, -0.25) is 9.59 Å². The average Bonchev–Trinajstić information content (AvgIpc) is 3.13. The van der Waals surface area contributed by atoms with Crippen molar-refractivity contribution in [1.29, 1.82) is 0 Å². The summed E-state index contributed by atoms with van der Waals surface area (Å²) in [5.41, 5.74) is 0. The van der Waals surface area contributed by atoms with Crippen LogP contribution >= 0.6 is 11.8 Å². The second kappa shape index (κ2) is 6.85. The standard InChI is InChI=1S/C15H20N2O3S/c1-11(2)16(3)15(19)13-9-21-10-17(13)14(18)7-6-12-5-4-8-20-12/h4-8,11,13H,9-10H2,1-3H3/b7-6+. The summed E-state index contributed by atoms with van der Waals surface area (Å²) < 4.78 is 5.15. The van der Waals surface area contributed by atoms with E-state index < -0.39 is 0 Å². The van der Waals surface area contributed by atoms with Crippen molar-refractivity contribution in [3.8, 4) is 0 Å². The Morgan fingerprint density at radius 2 is 2.29 bits per heavy atom. The van der Waals surface area contributed by atoms with E-state index in [2.05, 4.69) is 0 Å². The van der Waals surface area contributed by atoms with E-state index in [1.807, 2.05) is 13.8 Å². The summed E-state index contributed by atoms with van der Waals surface area (Å²) in [6.45, 7) is 3.92. The molecule has 0 aliphatic carbocycles. The summed E-state index contributed by atoms with van der Waals surface area (Å²) in [5, 5.41) is 0. The van der Waals surface area contributed by atoms with Gasteiger partial charge in [0.15, 0.2) is 0 Å². The summed E-state index contributed by atoms with van der Waals surface area (Å²) >= 11 is 1.60. The molecule has 2 heterocycles. The zero-order valence-electron chi connectivity index (χ0n) is 12.5. The van der Waals surface area contributed by atoms with Crippen LogP contribution in [0.3, 0.4) is 0 Å². The van der Waals surface area contributed by atoms with Gasteiger partial charge >= 0.3 is 0 Å². The van der Waals surface area contributed by atoms with Gasteiger partial charge in [-0.25, -0.2) is 0 Å². The maximum atomic E-state index is 12.4. The minimum absolute atomic E-state index is 0.00486. The number of hydrogen-bond donors (Lipinski definition) is 0. The van der Waals surface area contributed by atoms with Crippen LogP contribution in [0, 0.1) is 0 Å². The van der Waals surface area contributed by atoms with Crippen molar-refractivity contribution in [1.82, 2.24) is 9.80 Å². The molecule has 1 atom stereocenters. The molecule has 1 saturated heterocycles. The number of carbonyl (C=O) groups is 2. The Hall–Kier alpha value is -1.69. The molecule has 6 heteroatoms. The van der Waals surface area contributed by atoms with Gasteiger partial charge in [-0.15, -0.1) is 11.8 Å². The first-order chi connectivity index (χ1) is 10.0. The molecule has 1 aliphatic heterocycles. The van der Waals surface area contributed by atoms with Gasteiger partial charge in [-0.1, -0.05) is 0 Å². The van der Waals surface area contributed by atoms with Crippen LogP contribution in [0.1, 0.15) is 19.6 Å². The predicted molar refractivity (Wildman–Crippen MR) is 83.6 cm³/mol. The maximum absolute atomic E-state index is 12.4. The van der Waals surface area contributed by atoms with Gasteiger partial charge in [0.25, 0.3) is 0 Å². The van der Waals surface area contributed by atoms with Gasteiger partial charge in [-0.2, -0.15) is 0 Å². The second-order valence-electron chi connectivity index (χ2n) is 5.22. The van der Waals surface area contributed by atoms with Crippen LogP contribution in [0.25, 0.3) is 6.08 Å². The quantitative estimate of drug-likeness (QED) is 0.799. The van der Waals surface area contributed by atoms with Crippen LogP contribution in [0.2, 0.25) is 0 Å². The minimum Gasteiger partial charge on any atom is -0.465 e. The molecular weight excluding hydrogens is 288 g/mol. The molecule has 21 heavy (non-hydrogen) atoms. The first-order valence-electron chi connectivity index (χ1n) is 6.87. The smallest absolute Gasteiger partial charge is 0.248 e. The Bertz CT molecular complexity index is 525. The second-order valence-corrected chi connectivity index (χ2v) is 6.22. The molecular formula is C15H20N2O3S. The van der Waals surface area contributed by atoms with Crippen molar-refractivity contribution in [2.45, 2.75) is 25.9 Å². The van der Waals surface area contributed by atoms with Crippen molar-refractivity contribution >= 4 is 29.7 Å². The number of likely N-dealkylation sites (N-methyl/N-ethyl adjacent to an activating group) is 1. The first kappa shape index (κ1) is 15.7. The number of amides is 2.